The van der Waals surface area contributed by atoms with E-state index in [1.54, 1.807) is 30.3 Å². The lowest BCUT2D eigenvalue weighted by Gasteiger charge is -2.10. The Morgan fingerprint density at radius 2 is 2.26 bits per heavy atom. The van der Waals surface area contributed by atoms with Crippen molar-refractivity contribution < 1.29 is 14.3 Å². The summed E-state index contributed by atoms with van der Waals surface area (Å²) in [6.45, 7) is 3.61. The van der Waals surface area contributed by atoms with Crippen LogP contribution in [0.25, 0.3) is 0 Å². The molecule has 1 amide bonds. The van der Waals surface area contributed by atoms with Crippen LogP contribution in [0.5, 0.6) is 5.75 Å². The van der Waals surface area contributed by atoms with Crippen molar-refractivity contribution in [3.8, 4) is 11.8 Å². The molecule has 0 bridgehead atoms. The summed E-state index contributed by atoms with van der Waals surface area (Å²) in [5, 5.41) is 15.6. The van der Waals surface area contributed by atoms with E-state index in [2.05, 4.69) is 15.8 Å². The highest BCUT2D eigenvalue weighted by Gasteiger charge is 2.18. The van der Waals surface area contributed by atoms with Gasteiger partial charge in [-0.15, -0.1) is 0 Å². The fraction of sp³-hybridized carbons (Fsp3) is 0.438. The summed E-state index contributed by atoms with van der Waals surface area (Å²) in [6.07, 6.45) is 1.95. The second-order valence-corrected chi connectivity index (χ2v) is 4.99. The summed E-state index contributed by atoms with van der Waals surface area (Å²) in [4.78, 5) is 11.9. The molecule has 2 rings (SSSR count). The van der Waals surface area contributed by atoms with Crippen LogP contribution in [0.1, 0.15) is 19.8 Å². The van der Waals surface area contributed by atoms with Crippen molar-refractivity contribution in [2.24, 2.45) is 5.10 Å². The maximum Gasteiger partial charge on any atom is 0.282 e. The average molecular weight is 316 g/mol. The highest BCUT2D eigenvalue weighted by Crippen LogP contribution is 2.15. The molecule has 0 spiro atoms. The molecule has 7 heteroatoms. The lowest BCUT2D eigenvalue weighted by Crippen LogP contribution is -2.36. The SMILES string of the molecule is CCOc1ccc(NN=C(C#N)C(=O)NCC2CCCO2)cc1. The number of amides is 1. The number of hydrogen-bond acceptors (Lipinski definition) is 6. The fourth-order valence-electron chi connectivity index (χ4n) is 2.13. The summed E-state index contributed by atoms with van der Waals surface area (Å²) in [7, 11) is 0. The zero-order valence-electron chi connectivity index (χ0n) is 13.0. The molecule has 0 aromatic heterocycles. The zero-order chi connectivity index (χ0) is 16.5. The van der Waals surface area contributed by atoms with Crippen LogP contribution in [0.2, 0.25) is 0 Å². The molecule has 1 aromatic carbocycles. The highest BCUT2D eigenvalue weighted by molar-refractivity contribution is 6.45. The normalized spacial score (nSPS) is 17.4. The number of ether oxygens (including phenoxy) is 2. The third kappa shape index (κ3) is 5.27. The van der Waals surface area contributed by atoms with E-state index in [0.29, 0.717) is 18.8 Å². The Hall–Kier alpha value is -2.59. The Bertz CT molecular complexity index is 586. The van der Waals surface area contributed by atoms with Gasteiger partial charge >= 0.3 is 0 Å². The minimum Gasteiger partial charge on any atom is -0.494 e. The minimum absolute atomic E-state index is 0.0259. The first-order chi connectivity index (χ1) is 11.2. The Balaban J connectivity index is 1.87. The monoisotopic (exact) mass is 316 g/mol. The number of rotatable bonds is 7. The Labute approximate surface area is 135 Å². The van der Waals surface area contributed by atoms with E-state index in [4.69, 9.17) is 14.7 Å². The maximum absolute atomic E-state index is 11.9. The van der Waals surface area contributed by atoms with Gasteiger partial charge in [0.15, 0.2) is 0 Å². The number of carbonyl (C=O) groups is 1. The molecule has 1 saturated heterocycles. The topological polar surface area (TPSA) is 95.7 Å². The summed E-state index contributed by atoms with van der Waals surface area (Å²) in [5.41, 5.74) is 3.13. The quantitative estimate of drug-likeness (QED) is 0.589. The van der Waals surface area contributed by atoms with Crippen LogP contribution < -0.4 is 15.5 Å². The van der Waals surface area contributed by atoms with Gasteiger partial charge in [-0.05, 0) is 44.0 Å². The molecule has 1 unspecified atom stereocenters. The van der Waals surface area contributed by atoms with Crippen LogP contribution in [0.3, 0.4) is 0 Å². The van der Waals surface area contributed by atoms with E-state index in [0.717, 1.165) is 25.2 Å². The number of hydrazone groups is 1. The van der Waals surface area contributed by atoms with Gasteiger partial charge in [-0.1, -0.05) is 0 Å². The Morgan fingerprint density at radius 1 is 1.48 bits per heavy atom. The van der Waals surface area contributed by atoms with Crippen molar-refractivity contribution in [2.75, 3.05) is 25.2 Å². The van der Waals surface area contributed by atoms with Crippen LogP contribution in [-0.2, 0) is 9.53 Å². The molecule has 122 valence electrons. The molecule has 23 heavy (non-hydrogen) atoms. The molecule has 2 N–H and O–H groups in total. The molecule has 0 radical (unpaired) electrons. The van der Waals surface area contributed by atoms with Crippen LogP contribution in [0.15, 0.2) is 29.4 Å². The molecule has 1 heterocycles. The van der Waals surface area contributed by atoms with E-state index in [9.17, 15) is 4.79 Å². The van der Waals surface area contributed by atoms with E-state index in [1.807, 2.05) is 6.92 Å². The van der Waals surface area contributed by atoms with Crippen LogP contribution in [-0.4, -0.2) is 37.5 Å². The second-order valence-electron chi connectivity index (χ2n) is 4.99. The fourth-order valence-corrected chi connectivity index (χ4v) is 2.13. The molecule has 0 aliphatic carbocycles. The number of carbonyl (C=O) groups excluding carboxylic acids is 1. The summed E-state index contributed by atoms with van der Waals surface area (Å²) in [5.74, 6) is 0.235. The van der Waals surface area contributed by atoms with E-state index in [-0.39, 0.29) is 11.8 Å². The van der Waals surface area contributed by atoms with Crippen LogP contribution in [0, 0.1) is 11.3 Å². The van der Waals surface area contributed by atoms with Gasteiger partial charge in [-0.25, -0.2) is 0 Å². The number of hydrogen-bond donors (Lipinski definition) is 2. The van der Waals surface area contributed by atoms with Gasteiger partial charge in [-0.3, -0.25) is 10.2 Å². The molecule has 0 saturated carbocycles. The van der Waals surface area contributed by atoms with Crippen molar-refractivity contribution in [1.82, 2.24) is 5.32 Å². The molecule has 1 fully saturated rings. The zero-order valence-corrected chi connectivity index (χ0v) is 13.0. The predicted octanol–water partition coefficient (Wildman–Crippen LogP) is 1.67. The van der Waals surface area contributed by atoms with Gasteiger partial charge in [0, 0.05) is 13.2 Å². The van der Waals surface area contributed by atoms with Crippen molar-refractivity contribution in [3.05, 3.63) is 24.3 Å². The first-order valence-corrected chi connectivity index (χ1v) is 7.59. The van der Waals surface area contributed by atoms with Crippen molar-refractivity contribution >= 4 is 17.3 Å². The summed E-state index contributed by atoms with van der Waals surface area (Å²) >= 11 is 0. The van der Waals surface area contributed by atoms with Gasteiger partial charge in [-0.2, -0.15) is 10.4 Å². The molecule has 1 aromatic rings. The van der Waals surface area contributed by atoms with E-state index >= 15 is 0 Å². The lowest BCUT2D eigenvalue weighted by molar-refractivity contribution is -0.115. The second kappa shape index (κ2) is 8.76. The Kier molecular flexibility index (Phi) is 6.39. The highest BCUT2D eigenvalue weighted by atomic mass is 16.5. The van der Waals surface area contributed by atoms with Gasteiger partial charge in [0.05, 0.1) is 18.4 Å². The minimum atomic E-state index is -0.513. The number of nitrogens with one attached hydrogen (secondary N) is 2. The smallest absolute Gasteiger partial charge is 0.282 e. The van der Waals surface area contributed by atoms with Crippen molar-refractivity contribution in [1.29, 1.82) is 5.26 Å². The number of anilines is 1. The lowest BCUT2D eigenvalue weighted by atomic mass is 10.2. The first-order valence-electron chi connectivity index (χ1n) is 7.59. The van der Waals surface area contributed by atoms with E-state index in [1.165, 1.54) is 0 Å². The molecular formula is C16H20N4O3. The van der Waals surface area contributed by atoms with E-state index < -0.39 is 5.91 Å². The average Bonchev–Trinajstić information content (AvgIpc) is 3.09. The van der Waals surface area contributed by atoms with Crippen molar-refractivity contribution in [3.63, 3.8) is 0 Å². The third-order valence-electron chi connectivity index (χ3n) is 3.30. The van der Waals surface area contributed by atoms with Crippen LogP contribution >= 0.6 is 0 Å². The first kappa shape index (κ1) is 16.8. The molecule has 7 nitrogen and oxygen atoms in total. The van der Waals surface area contributed by atoms with Gasteiger partial charge in [0.25, 0.3) is 5.91 Å². The molecule has 1 atom stereocenters. The van der Waals surface area contributed by atoms with Crippen LogP contribution in [0.4, 0.5) is 5.69 Å². The van der Waals surface area contributed by atoms with Crippen molar-refractivity contribution in [2.45, 2.75) is 25.9 Å². The number of nitriles is 1. The predicted molar refractivity (Wildman–Crippen MR) is 86.3 cm³/mol. The maximum atomic E-state index is 11.9. The summed E-state index contributed by atoms with van der Waals surface area (Å²) < 4.78 is 10.7. The Morgan fingerprint density at radius 3 is 2.87 bits per heavy atom. The third-order valence-corrected chi connectivity index (χ3v) is 3.30. The molecular weight excluding hydrogens is 296 g/mol. The molecule has 1 aliphatic heterocycles. The summed E-state index contributed by atoms with van der Waals surface area (Å²) in [6, 6.07) is 8.87. The van der Waals surface area contributed by atoms with Gasteiger partial charge in [0.1, 0.15) is 11.8 Å². The van der Waals surface area contributed by atoms with Gasteiger partial charge < -0.3 is 14.8 Å². The standard InChI is InChI=1S/C16H20N4O3/c1-2-22-13-7-5-12(6-8-13)19-20-15(10-17)16(21)18-11-14-4-3-9-23-14/h5-8,14,19H,2-4,9,11H2,1H3,(H,18,21). The van der Waals surface area contributed by atoms with Gasteiger partial charge in [0.2, 0.25) is 5.71 Å². The molecule has 1 aliphatic rings. The number of nitrogens with zero attached hydrogens (tertiary/aromatic N) is 2. The number of benzene rings is 1. The largest absolute Gasteiger partial charge is 0.494 e.